The molecule has 0 saturated carbocycles. The van der Waals surface area contributed by atoms with Gasteiger partial charge in [-0.2, -0.15) is 0 Å². The zero-order valence-electron chi connectivity index (χ0n) is 7.97. The van der Waals surface area contributed by atoms with E-state index in [2.05, 4.69) is 5.32 Å². The summed E-state index contributed by atoms with van der Waals surface area (Å²) >= 11 is 2.00. The summed E-state index contributed by atoms with van der Waals surface area (Å²) in [5.41, 5.74) is 0.0964. The number of carbonyl (C=O) groups is 1. The maximum absolute atomic E-state index is 13.3. The van der Waals surface area contributed by atoms with E-state index in [-0.39, 0.29) is 17.5 Å². The van der Waals surface area contributed by atoms with E-state index in [0.717, 1.165) is 3.57 Å². The molecule has 0 radical (unpaired) electrons. The molecule has 0 aliphatic carbocycles. The lowest BCUT2D eigenvalue weighted by atomic mass is 10.2. The van der Waals surface area contributed by atoms with Crippen molar-refractivity contribution >= 4 is 28.5 Å². The topological polar surface area (TPSA) is 29.1 Å². The van der Waals surface area contributed by atoms with Crippen LogP contribution in [0.3, 0.4) is 0 Å². The Hall–Kier alpha value is -0.650. The van der Waals surface area contributed by atoms with E-state index in [1.165, 1.54) is 12.1 Å². The molecule has 4 heteroatoms. The molecule has 1 amide bonds. The van der Waals surface area contributed by atoms with Crippen molar-refractivity contribution in [3.63, 3.8) is 0 Å². The smallest absolute Gasteiger partial charge is 0.254 e. The monoisotopic (exact) mass is 307 g/mol. The van der Waals surface area contributed by atoms with E-state index < -0.39 is 5.82 Å². The van der Waals surface area contributed by atoms with Gasteiger partial charge in [-0.05, 0) is 54.6 Å². The molecule has 0 atom stereocenters. The molecule has 0 unspecified atom stereocenters. The number of hydrogen-bond donors (Lipinski definition) is 1. The summed E-state index contributed by atoms with van der Waals surface area (Å²) in [5, 5.41) is 2.64. The average molecular weight is 307 g/mol. The number of benzene rings is 1. The van der Waals surface area contributed by atoms with Gasteiger partial charge in [0.1, 0.15) is 5.82 Å². The quantitative estimate of drug-likeness (QED) is 0.836. The molecule has 76 valence electrons. The molecule has 0 aliphatic heterocycles. The molecule has 2 nitrogen and oxygen atoms in total. The number of amides is 1. The minimum Gasteiger partial charge on any atom is -0.350 e. The van der Waals surface area contributed by atoms with E-state index in [0.29, 0.717) is 0 Å². The molecular formula is C10H11FINO. The lowest BCUT2D eigenvalue weighted by Gasteiger charge is -2.08. The molecule has 1 rings (SSSR count). The zero-order chi connectivity index (χ0) is 10.7. The predicted octanol–water partition coefficient (Wildman–Crippen LogP) is 2.57. The van der Waals surface area contributed by atoms with Crippen molar-refractivity contribution in [2.45, 2.75) is 19.9 Å². The van der Waals surface area contributed by atoms with Crippen molar-refractivity contribution in [2.24, 2.45) is 0 Å². The van der Waals surface area contributed by atoms with Gasteiger partial charge >= 0.3 is 0 Å². The van der Waals surface area contributed by atoms with Crippen LogP contribution in [-0.4, -0.2) is 11.9 Å². The minimum absolute atomic E-state index is 0.0150. The lowest BCUT2D eigenvalue weighted by Crippen LogP contribution is -2.30. The van der Waals surface area contributed by atoms with E-state index in [1.807, 2.05) is 36.4 Å². The number of hydrogen-bond acceptors (Lipinski definition) is 1. The first kappa shape index (κ1) is 11.4. The predicted molar refractivity (Wildman–Crippen MR) is 61.7 cm³/mol. The second-order valence-electron chi connectivity index (χ2n) is 3.25. The van der Waals surface area contributed by atoms with Gasteiger partial charge < -0.3 is 5.32 Å². The third kappa shape index (κ3) is 2.94. The molecule has 1 N–H and O–H groups in total. The summed E-state index contributed by atoms with van der Waals surface area (Å²) in [6.45, 7) is 3.67. The van der Waals surface area contributed by atoms with E-state index in [1.54, 1.807) is 6.07 Å². The maximum Gasteiger partial charge on any atom is 0.254 e. The van der Waals surface area contributed by atoms with Crippen molar-refractivity contribution in [3.8, 4) is 0 Å². The fourth-order valence-electron chi connectivity index (χ4n) is 1.01. The largest absolute Gasteiger partial charge is 0.350 e. The van der Waals surface area contributed by atoms with Crippen LogP contribution in [0.5, 0.6) is 0 Å². The standard InChI is InChI=1S/C10H11FINO/c1-6(2)13-10(14)8-4-3-7(12)5-9(8)11/h3-6H,1-2H3,(H,13,14). The van der Waals surface area contributed by atoms with Gasteiger partial charge in [-0.15, -0.1) is 0 Å². The van der Waals surface area contributed by atoms with Gasteiger partial charge in [-0.3, -0.25) is 4.79 Å². The highest BCUT2D eigenvalue weighted by Gasteiger charge is 2.11. The van der Waals surface area contributed by atoms with Crippen LogP contribution in [0.4, 0.5) is 4.39 Å². The Morgan fingerprint density at radius 3 is 2.64 bits per heavy atom. The number of halogens is 2. The summed E-state index contributed by atoms with van der Waals surface area (Å²) in [5.74, 6) is -0.844. The number of rotatable bonds is 2. The van der Waals surface area contributed by atoms with Crippen LogP contribution in [0, 0.1) is 9.39 Å². The zero-order valence-corrected chi connectivity index (χ0v) is 10.1. The summed E-state index contributed by atoms with van der Waals surface area (Å²) in [6, 6.07) is 4.56. The Morgan fingerprint density at radius 2 is 2.14 bits per heavy atom. The summed E-state index contributed by atoms with van der Waals surface area (Å²) in [6.07, 6.45) is 0. The van der Waals surface area contributed by atoms with Crippen LogP contribution < -0.4 is 5.32 Å². The van der Waals surface area contributed by atoms with Crippen molar-refractivity contribution < 1.29 is 9.18 Å². The highest BCUT2D eigenvalue weighted by Crippen LogP contribution is 2.12. The van der Waals surface area contributed by atoms with Gasteiger partial charge in [0.25, 0.3) is 5.91 Å². The molecule has 0 saturated heterocycles. The maximum atomic E-state index is 13.3. The second kappa shape index (κ2) is 4.72. The minimum atomic E-state index is -0.477. The molecule has 0 aliphatic rings. The summed E-state index contributed by atoms with van der Waals surface area (Å²) in [4.78, 5) is 11.4. The molecule has 0 fully saturated rings. The van der Waals surface area contributed by atoms with Gasteiger partial charge in [0.2, 0.25) is 0 Å². The first-order chi connectivity index (χ1) is 6.50. The van der Waals surface area contributed by atoms with E-state index in [4.69, 9.17) is 0 Å². The number of carbonyl (C=O) groups excluding carboxylic acids is 1. The first-order valence-corrected chi connectivity index (χ1v) is 5.34. The molecule has 0 aromatic heterocycles. The third-order valence-corrected chi connectivity index (χ3v) is 2.27. The Kier molecular flexibility index (Phi) is 3.86. The Morgan fingerprint density at radius 1 is 1.50 bits per heavy atom. The average Bonchev–Trinajstić information content (AvgIpc) is 2.01. The number of nitrogens with one attached hydrogen (secondary N) is 1. The third-order valence-electron chi connectivity index (χ3n) is 1.60. The Balaban J connectivity index is 2.90. The fraction of sp³-hybridized carbons (Fsp3) is 0.300. The second-order valence-corrected chi connectivity index (χ2v) is 4.50. The van der Waals surface area contributed by atoms with Gasteiger partial charge in [-0.25, -0.2) is 4.39 Å². The first-order valence-electron chi connectivity index (χ1n) is 4.26. The van der Waals surface area contributed by atoms with Crippen molar-refractivity contribution in [3.05, 3.63) is 33.1 Å². The molecule has 0 heterocycles. The normalized spacial score (nSPS) is 10.4. The molecule has 1 aromatic carbocycles. The molecule has 0 spiro atoms. The Labute approximate surface area is 96.0 Å². The molecule has 14 heavy (non-hydrogen) atoms. The van der Waals surface area contributed by atoms with Crippen LogP contribution in [0.15, 0.2) is 18.2 Å². The van der Waals surface area contributed by atoms with Crippen molar-refractivity contribution in [1.82, 2.24) is 5.32 Å². The molecule has 0 bridgehead atoms. The Bertz CT molecular complexity index is 352. The van der Waals surface area contributed by atoms with Crippen LogP contribution in [0.2, 0.25) is 0 Å². The molecule has 1 aromatic rings. The van der Waals surface area contributed by atoms with Gasteiger partial charge in [0, 0.05) is 9.61 Å². The van der Waals surface area contributed by atoms with Crippen molar-refractivity contribution in [1.29, 1.82) is 0 Å². The fourth-order valence-corrected chi connectivity index (χ4v) is 1.47. The molecular weight excluding hydrogens is 296 g/mol. The summed E-state index contributed by atoms with van der Waals surface area (Å²) in [7, 11) is 0. The van der Waals surface area contributed by atoms with Crippen LogP contribution in [-0.2, 0) is 0 Å². The van der Waals surface area contributed by atoms with E-state index in [9.17, 15) is 9.18 Å². The van der Waals surface area contributed by atoms with Crippen LogP contribution >= 0.6 is 22.6 Å². The van der Waals surface area contributed by atoms with Gasteiger partial charge in [0.05, 0.1) is 5.56 Å². The highest BCUT2D eigenvalue weighted by molar-refractivity contribution is 14.1. The SMILES string of the molecule is CC(C)NC(=O)c1ccc(I)cc1F. The van der Waals surface area contributed by atoms with Crippen LogP contribution in [0.25, 0.3) is 0 Å². The van der Waals surface area contributed by atoms with Crippen LogP contribution in [0.1, 0.15) is 24.2 Å². The lowest BCUT2D eigenvalue weighted by molar-refractivity contribution is 0.0939. The highest BCUT2D eigenvalue weighted by atomic mass is 127. The van der Waals surface area contributed by atoms with Gasteiger partial charge in [0.15, 0.2) is 0 Å². The van der Waals surface area contributed by atoms with Crippen molar-refractivity contribution in [2.75, 3.05) is 0 Å². The van der Waals surface area contributed by atoms with Gasteiger partial charge in [-0.1, -0.05) is 0 Å². The van der Waals surface area contributed by atoms with E-state index >= 15 is 0 Å². The summed E-state index contributed by atoms with van der Waals surface area (Å²) < 4.78 is 14.1.